The Hall–Kier alpha value is -3.14. The summed E-state index contributed by atoms with van der Waals surface area (Å²) in [5, 5.41) is 18.0. The van der Waals surface area contributed by atoms with Crippen LogP contribution in [0.25, 0.3) is 11.3 Å². The second-order valence-electron chi connectivity index (χ2n) is 7.48. The number of benzene rings is 1. The Morgan fingerprint density at radius 3 is 2.81 bits per heavy atom. The first-order valence-electron chi connectivity index (χ1n) is 10.2. The maximum absolute atomic E-state index is 14.3. The zero-order valence-corrected chi connectivity index (χ0v) is 18.3. The van der Waals surface area contributed by atoms with Gasteiger partial charge in [0.2, 0.25) is 5.91 Å². The molecule has 1 aliphatic heterocycles. The topological polar surface area (TPSA) is 95.1 Å². The van der Waals surface area contributed by atoms with E-state index in [1.54, 1.807) is 31.3 Å². The Kier molecular flexibility index (Phi) is 6.89. The van der Waals surface area contributed by atoms with Crippen molar-refractivity contribution in [3.8, 4) is 11.3 Å². The van der Waals surface area contributed by atoms with Gasteiger partial charge in [0, 0.05) is 54.7 Å². The lowest BCUT2D eigenvalue weighted by Gasteiger charge is -2.26. The molecule has 166 valence electrons. The fourth-order valence-electron chi connectivity index (χ4n) is 3.39. The molecule has 4 rings (SSSR count). The van der Waals surface area contributed by atoms with Crippen molar-refractivity contribution in [2.45, 2.75) is 6.92 Å². The van der Waals surface area contributed by atoms with Crippen molar-refractivity contribution in [3.63, 3.8) is 0 Å². The Bertz CT molecular complexity index is 1120. The average molecular weight is 456 g/mol. The van der Waals surface area contributed by atoms with Crippen LogP contribution in [0.4, 0.5) is 21.6 Å². The highest BCUT2D eigenvalue weighted by Crippen LogP contribution is 2.28. The Balaban J connectivity index is 1.48. The summed E-state index contributed by atoms with van der Waals surface area (Å²) in [5.74, 6) is -0.107. The Labute approximate surface area is 190 Å². The number of nitrogens with one attached hydrogen (secondary N) is 3. The van der Waals surface area contributed by atoms with Crippen LogP contribution >= 0.6 is 11.6 Å². The lowest BCUT2D eigenvalue weighted by atomic mass is 10.1. The van der Waals surface area contributed by atoms with E-state index in [-0.39, 0.29) is 11.5 Å². The van der Waals surface area contributed by atoms with Gasteiger partial charge in [0.05, 0.1) is 23.6 Å². The minimum Gasteiger partial charge on any atom is -0.354 e. The molecule has 3 heterocycles. The quantitative estimate of drug-likeness (QED) is 0.525. The lowest BCUT2D eigenvalue weighted by molar-refractivity contribution is -0.117. The third kappa shape index (κ3) is 5.56. The molecule has 0 aliphatic carbocycles. The van der Waals surface area contributed by atoms with E-state index in [2.05, 4.69) is 36.0 Å². The van der Waals surface area contributed by atoms with E-state index >= 15 is 0 Å². The summed E-state index contributed by atoms with van der Waals surface area (Å²) in [6, 6.07) is 9.50. The predicted octanol–water partition coefficient (Wildman–Crippen LogP) is 3.23. The minimum atomic E-state index is -0.433. The normalized spacial score (nSPS) is 14.2. The molecule has 3 N–H and O–H groups in total. The van der Waals surface area contributed by atoms with Crippen LogP contribution in [0.5, 0.6) is 0 Å². The van der Waals surface area contributed by atoms with Crippen molar-refractivity contribution in [2.75, 3.05) is 43.4 Å². The number of nitrogens with zero attached hydrogens (tertiary/aromatic N) is 4. The number of hydrogen-bond donors (Lipinski definition) is 3. The monoisotopic (exact) mass is 455 g/mol. The maximum Gasteiger partial charge on any atom is 0.239 e. The fraction of sp³-hybridized carbons (Fsp3) is 0.273. The lowest BCUT2D eigenvalue weighted by Crippen LogP contribution is -2.46. The number of amides is 1. The van der Waals surface area contributed by atoms with Crippen LogP contribution in [0.1, 0.15) is 5.69 Å². The molecule has 1 aliphatic rings. The molecule has 0 spiro atoms. The van der Waals surface area contributed by atoms with Gasteiger partial charge in [0.1, 0.15) is 11.6 Å². The minimum absolute atomic E-state index is 0.114. The van der Waals surface area contributed by atoms with Crippen molar-refractivity contribution in [1.29, 1.82) is 0 Å². The van der Waals surface area contributed by atoms with Crippen molar-refractivity contribution in [1.82, 2.24) is 25.4 Å². The third-order valence-corrected chi connectivity index (χ3v) is 5.30. The van der Waals surface area contributed by atoms with E-state index in [9.17, 15) is 9.18 Å². The summed E-state index contributed by atoms with van der Waals surface area (Å²) in [5.41, 5.74) is 2.61. The van der Waals surface area contributed by atoms with Crippen LogP contribution in [0.15, 0.2) is 42.6 Å². The molecule has 0 saturated carbocycles. The standard InChI is InChI=1S/C22H23ClFN7O/c1-14-19(12-20(30-29-14)17-10-15(23)2-3-18(17)24)27-16-4-5-26-21(11-16)28-22(32)13-31-8-6-25-7-9-31/h2-5,10-12,25H,6-9,13H2,1H3,(H2,26,27,28,30,32). The molecule has 0 atom stereocenters. The number of carbonyl (C=O) groups excluding carboxylic acids is 1. The van der Waals surface area contributed by atoms with E-state index < -0.39 is 5.82 Å². The van der Waals surface area contributed by atoms with Gasteiger partial charge in [-0.15, -0.1) is 0 Å². The second-order valence-corrected chi connectivity index (χ2v) is 7.92. The third-order valence-electron chi connectivity index (χ3n) is 5.07. The summed E-state index contributed by atoms with van der Waals surface area (Å²) in [7, 11) is 0. The molecule has 1 saturated heterocycles. The number of halogens is 2. The zero-order chi connectivity index (χ0) is 22.5. The molecular formula is C22H23ClFN7O. The highest BCUT2D eigenvalue weighted by atomic mass is 35.5. The number of rotatable bonds is 6. The summed E-state index contributed by atoms with van der Waals surface area (Å²) in [6.45, 7) is 5.56. The predicted molar refractivity (Wildman–Crippen MR) is 123 cm³/mol. The summed E-state index contributed by atoms with van der Waals surface area (Å²) in [6.07, 6.45) is 1.60. The molecule has 0 bridgehead atoms. The highest BCUT2D eigenvalue weighted by Gasteiger charge is 2.15. The molecular weight excluding hydrogens is 433 g/mol. The van der Waals surface area contributed by atoms with Crippen LogP contribution < -0.4 is 16.0 Å². The number of anilines is 3. The zero-order valence-electron chi connectivity index (χ0n) is 17.5. The van der Waals surface area contributed by atoms with Crippen molar-refractivity contribution in [3.05, 3.63) is 59.1 Å². The number of hydrogen-bond acceptors (Lipinski definition) is 7. The van der Waals surface area contributed by atoms with Gasteiger partial charge < -0.3 is 16.0 Å². The van der Waals surface area contributed by atoms with Gasteiger partial charge >= 0.3 is 0 Å². The summed E-state index contributed by atoms with van der Waals surface area (Å²) in [4.78, 5) is 18.7. The van der Waals surface area contributed by atoms with E-state index in [0.29, 0.717) is 40.1 Å². The van der Waals surface area contributed by atoms with Gasteiger partial charge in [0.25, 0.3) is 0 Å². The Morgan fingerprint density at radius 1 is 1.19 bits per heavy atom. The van der Waals surface area contributed by atoms with Gasteiger partial charge in [-0.1, -0.05) is 11.6 Å². The molecule has 1 aromatic carbocycles. The van der Waals surface area contributed by atoms with E-state index in [1.807, 2.05) is 0 Å². The number of aromatic nitrogens is 3. The molecule has 1 amide bonds. The smallest absolute Gasteiger partial charge is 0.239 e. The number of carbonyl (C=O) groups is 1. The van der Waals surface area contributed by atoms with Gasteiger partial charge in [-0.2, -0.15) is 10.2 Å². The average Bonchev–Trinajstić information content (AvgIpc) is 2.78. The van der Waals surface area contributed by atoms with Crippen LogP contribution in [-0.4, -0.2) is 58.7 Å². The summed E-state index contributed by atoms with van der Waals surface area (Å²) < 4.78 is 14.3. The second kappa shape index (κ2) is 9.99. The highest BCUT2D eigenvalue weighted by molar-refractivity contribution is 6.30. The van der Waals surface area contributed by atoms with Gasteiger partial charge in [-0.25, -0.2) is 9.37 Å². The molecule has 2 aromatic heterocycles. The first-order chi connectivity index (χ1) is 15.5. The first kappa shape index (κ1) is 22.1. The van der Waals surface area contributed by atoms with Crippen LogP contribution in [0, 0.1) is 12.7 Å². The number of pyridine rings is 1. The Morgan fingerprint density at radius 2 is 2.00 bits per heavy atom. The van der Waals surface area contributed by atoms with Gasteiger partial charge in [-0.05, 0) is 37.3 Å². The number of piperazine rings is 1. The molecule has 8 nitrogen and oxygen atoms in total. The number of aryl methyl sites for hydroxylation is 1. The van der Waals surface area contributed by atoms with E-state index in [0.717, 1.165) is 26.2 Å². The fourth-order valence-corrected chi connectivity index (χ4v) is 3.56. The first-order valence-corrected chi connectivity index (χ1v) is 10.6. The molecule has 0 unspecified atom stereocenters. The van der Waals surface area contributed by atoms with Gasteiger partial charge in [0.15, 0.2) is 0 Å². The van der Waals surface area contributed by atoms with Crippen LogP contribution in [0.3, 0.4) is 0 Å². The van der Waals surface area contributed by atoms with Crippen molar-refractivity contribution >= 4 is 34.7 Å². The molecule has 1 fully saturated rings. The van der Waals surface area contributed by atoms with Crippen LogP contribution in [0.2, 0.25) is 5.02 Å². The SMILES string of the molecule is Cc1nnc(-c2cc(Cl)ccc2F)cc1Nc1ccnc(NC(=O)CN2CCNCC2)c1. The van der Waals surface area contributed by atoms with E-state index in [4.69, 9.17) is 11.6 Å². The molecule has 32 heavy (non-hydrogen) atoms. The van der Waals surface area contributed by atoms with Crippen molar-refractivity contribution in [2.24, 2.45) is 0 Å². The van der Waals surface area contributed by atoms with E-state index in [1.165, 1.54) is 18.2 Å². The molecule has 10 heteroatoms. The van der Waals surface area contributed by atoms with Crippen LogP contribution in [-0.2, 0) is 4.79 Å². The molecule has 0 radical (unpaired) electrons. The van der Waals surface area contributed by atoms with Gasteiger partial charge in [-0.3, -0.25) is 9.69 Å². The summed E-state index contributed by atoms with van der Waals surface area (Å²) >= 11 is 6.01. The maximum atomic E-state index is 14.3. The van der Waals surface area contributed by atoms with Crippen molar-refractivity contribution < 1.29 is 9.18 Å². The molecule has 3 aromatic rings. The largest absolute Gasteiger partial charge is 0.354 e.